The molecule has 20 heavy (non-hydrogen) atoms. The minimum atomic E-state index is -3.11. The van der Waals surface area contributed by atoms with Crippen molar-refractivity contribution in [1.29, 1.82) is 0 Å². The summed E-state index contributed by atoms with van der Waals surface area (Å²) in [4.78, 5) is 8.78. The quantitative estimate of drug-likeness (QED) is 0.585. The Balaban J connectivity index is 2.48. The lowest BCUT2D eigenvalue weighted by molar-refractivity contribution is 0.586. The third kappa shape index (κ3) is 6.67. The normalized spacial score (nSPS) is 11.3. The van der Waals surface area contributed by atoms with Crippen LogP contribution in [0, 0.1) is 0 Å². The van der Waals surface area contributed by atoms with E-state index in [1.54, 1.807) is 0 Å². The van der Waals surface area contributed by atoms with Crippen LogP contribution in [-0.4, -0.2) is 44.8 Å². The minimum absolute atomic E-state index is 0.414. The Kier molecular flexibility index (Phi) is 6.66. The van der Waals surface area contributed by atoms with Gasteiger partial charge in [-0.05, 0) is 12.8 Å². The van der Waals surface area contributed by atoms with Crippen LogP contribution < -0.4 is 15.4 Å². The maximum absolute atomic E-state index is 10.9. The predicted molar refractivity (Wildman–Crippen MR) is 81.5 cm³/mol. The van der Waals surface area contributed by atoms with Gasteiger partial charge in [0.15, 0.2) is 0 Å². The van der Waals surface area contributed by atoms with Gasteiger partial charge in [0.1, 0.15) is 17.5 Å². The van der Waals surface area contributed by atoms with Gasteiger partial charge in [0.25, 0.3) is 0 Å². The molecule has 1 aromatic heterocycles. The molecule has 0 fully saturated rings. The summed E-state index contributed by atoms with van der Waals surface area (Å²) in [5.74, 6) is 2.34. The van der Waals surface area contributed by atoms with E-state index in [0.29, 0.717) is 19.5 Å². The summed E-state index contributed by atoms with van der Waals surface area (Å²) in [6.07, 6.45) is 3.67. The lowest BCUT2D eigenvalue weighted by atomic mass is 10.3. The lowest BCUT2D eigenvalue weighted by Crippen LogP contribution is -2.24. The minimum Gasteiger partial charge on any atom is -0.373 e. The molecule has 0 spiro atoms. The zero-order valence-electron chi connectivity index (χ0n) is 12.2. The van der Waals surface area contributed by atoms with Crippen LogP contribution in [0.25, 0.3) is 0 Å². The summed E-state index contributed by atoms with van der Waals surface area (Å²) >= 11 is 0. The topological polar surface area (TPSA) is 96.0 Å². The van der Waals surface area contributed by atoms with Gasteiger partial charge < -0.3 is 10.6 Å². The first-order valence-corrected chi connectivity index (χ1v) is 8.58. The molecule has 1 heterocycles. The molecule has 1 rings (SSSR count). The van der Waals surface area contributed by atoms with Gasteiger partial charge in [0, 0.05) is 32.6 Å². The smallest absolute Gasteiger partial charge is 0.208 e. The molecule has 0 amide bonds. The van der Waals surface area contributed by atoms with E-state index >= 15 is 0 Å². The number of anilines is 2. The second kappa shape index (κ2) is 8.01. The number of rotatable bonds is 9. The van der Waals surface area contributed by atoms with Crippen molar-refractivity contribution in [3.05, 3.63) is 11.9 Å². The first-order valence-electron chi connectivity index (χ1n) is 6.69. The maximum Gasteiger partial charge on any atom is 0.208 e. The fourth-order valence-electron chi connectivity index (χ4n) is 1.61. The highest BCUT2D eigenvalue weighted by Gasteiger charge is 2.03. The van der Waals surface area contributed by atoms with Crippen LogP contribution in [0.15, 0.2) is 6.07 Å². The third-order valence-electron chi connectivity index (χ3n) is 2.53. The first-order chi connectivity index (χ1) is 9.44. The van der Waals surface area contributed by atoms with Crippen LogP contribution in [0.4, 0.5) is 11.6 Å². The van der Waals surface area contributed by atoms with E-state index in [0.717, 1.165) is 36.6 Å². The molecular formula is C12H23N5O2S. The van der Waals surface area contributed by atoms with Gasteiger partial charge in [-0.15, -0.1) is 0 Å². The Morgan fingerprint density at radius 3 is 2.50 bits per heavy atom. The van der Waals surface area contributed by atoms with E-state index in [1.165, 1.54) is 0 Å². The molecule has 0 aromatic carbocycles. The van der Waals surface area contributed by atoms with Crippen molar-refractivity contribution in [2.45, 2.75) is 26.2 Å². The fraction of sp³-hybridized carbons (Fsp3) is 0.667. The highest BCUT2D eigenvalue weighted by molar-refractivity contribution is 7.88. The van der Waals surface area contributed by atoms with Gasteiger partial charge in [-0.1, -0.05) is 6.92 Å². The number of nitrogens with one attached hydrogen (secondary N) is 3. The van der Waals surface area contributed by atoms with E-state index in [2.05, 4.69) is 32.2 Å². The van der Waals surface area contributed by atoms with Gasteiger partial charge >= 0.3 is 0 Å². The molecule has 7 nitrogen and oxygen atoms in total. The summed E-state index contributed by atoms with van der Waals surface area (Å²) in [5.41, 5.74) is 0. The largest absolute Gasteiger partial charge is 0.373 e. The van der Waals surface area contributed by atoms with Gasteiger partial charge in [0.05, 0.1) is 6.26 Å². The van der Waals surface area contributed by atoms with E-state index in [1.807, 2.05) is 13.1 Å². The van der Waals surface area contributed by atoms with Crippen molar-refractivity contribution in [2.75, 3.05) is 37.0 Å². The number of hydrogen-bond acceptors (Lipinski definition) is 6. The molecule has 0 saturated carbocycles. The monoisotopic (exact) mass is 301 g/mol. The van der Waals surface area contributed by atoms with Crippen LogP contribution in [0.5, 0.6) is 0 Å². The van der Waals surface area contributed by atoms with Crippen molar-refractivity contribution < 1.29 is 8.42 Å². The average molecular weight is 301 g/mol. The second-order valence-electron chi connectivity index (χ2n) is 4.50. The summed E-state index contributed by atoms with van der Waals surface area (Å²) in [6, 6.07) is 1.84. The van der Waals surface area contributed by atoms with E-state index in [-0.39, 0.29) is 0 Å². The Labute approximate surface area is 120 Å². The molecule has 0 bridgehead atoms. The molecule has 1 aromatic rings. The van der Waals surface area contributed by atoms with Crippen LogP contribution in [0.1, 0.15) is 25.6 Å². The predicted octanol–water partition coefficient (Wildman–Crippen LogP) is 0.822. The molecule has 0 unspecified atom stereocenters. The molecule has 114 valence electrons. The number of hydrogen-bond donors (Lipinski definition) is 3. The van der Waals surface area contributed by atoms with Crippen molar-refractivity contribution in [3.63, 3.8) is 0 Å². The number of aromatic nitrogens is 2. The highest BCUT2D eigenvalue weighted by Crippen LogP contribution is 2.11. The van der Waals surface area contributed by atoms with Gasteiger partial charge in [-0.2, -0.15) is 0 Å². The SMILES string of the molecule is CCCc1nc(NC)cc(NCCCNS(C)(=O)=O)n1. The number of sulfonamides is 1. The van der Waals surface area contributed by atoms with Crippen molar-refractivity contribution in [2.24, 2.45) is 0 Å². The second-order valence-corrected chi connectivity index (χ2v) is 6.33. The Morgan fingerprint density at radius 1 is 1.20 bits per heavy atom. The molecule has 0 saturated heterocycles. The summed E-state index contributed by atoms with van der Waals surface area (Å²) in [7, 11) is -1.29. The molecule has 0 aliphatic heterocycles. The van der Waals surface area contributed by atoms with Crippen molar-refractivity contribution in [1.82, 2.24) is 14.7 Å². The average Bonchev–Trinajstić information content (AvgIpc) is 2.37. The summed E-state index contributed by atoms with van der Waals surface area (Å²) in [5, 5.41) is 6.18. The highest BCUT2D eigenvalue weighted by atomic mass is 32.2. The van der Waals surface area contributed by atoms with Crippen molar-refractivity contribution in [3.8, 4) is 0 Å². The van der Waals surface area contributed by atoms with Crippen LogP contribution >= 0.6 is 0 Å². The van der Waals surface area contributed by atoms with E-state index in [9.17, 15) is 8.42 Å². The molecule has 0 atom stereocenters. The number of nitrogens with zero attached hydrogens (tertiary/aromatic N) is 2. The number of aryl methyl sites for hydroxylation is 1. The van der Waals surface area contributed by atoms with E-state index in [4.69, 9.17) is 0 Å². The Morgan fingerprint density at radius 2 is 1.90 bits per heavy atom. The van der Waals surface area contributed by atoms with Gasteiger partial charge in [0.2, 0.25) is 10.0 Å². The maximum atomic E-state index is 10.9. The van der Waals surface area contributed by atoms with Gasteiger partial charge in [-0.25, -0.2) is 23.1 Å². The zero-order chi connectivity index (χ0) is 15.0. The molecule has 0 aliphatic rings. The zero-order valence-corrected chi connectivity index (χ0v) is 13.0. The molecule has 8 heteroatoms. The fourth-order valence-corrected chi connectivity index (χ4v) is 2.13. The molecule has 0 aliphatic carbocycles. The van der Waals surface area contributed by atoms with Gasteiger partial charge in [-0.3, -0.25) is 0 Å². The molecular weight excluding hydrogens is 278 g/mol. The lowest BCUT2D eigenvalue weighted by Gasteiger charge is -2.09. The summed E-state index contributed by atoms with van der Waals surface area (Å²) < 4.78 is 24.3. The van der Waals surface area contributed by atoms with E-state index < -0.39 is 10.0 Å². The summed E-state index contributed by atoms with van der Waals surface area (Å²) in [6.45, 7) is 3.14. The molecule has 0 radical (unpaired) electrons. The Bertz CT molecular complexity index is 519. The first kappa shape index (κ1) is 16.6. The van der Waals surface area contributed by atoms with Crippen molar-refractivity contribution >= 4 is 21.7 Å². The Hall–Kier alpha value is -1.41. The molecule has 3 N–H and O–H groups in total. The van der Waals surface area contributed by atoms with Crippen LogP contribution in [0.3, 0.4) is 0 Å². The van der Waals surface area contributed by atoms with Crippen LogP contribution in [0.2, 0.25) is 0 Å². The third-order valence-corrected chi connectivity index (χ3v) is 3.25. The van der Waals surface area contributed by atoms with Crippen LogP contribution in [-0.2, 0) is 16.4 Å². The standard InChI is InChI=1S/C12H23N5O2S/c1-4-6-10-16-11(13-2)9-12(17-10)14-7-5-8-15-20(3,18)19/h9,15H,4-8H2,1-3H3,(H2,13,14,16,17).